The zero-order chi connectivity index (χ0) is 17.6. The van der Waals surface area contributed by atoms with Crippen LogP contribution in [0.2, 0.25) is 0 Å². The molecule has 130 valence electrons. The van der Waals surface area contributed by atoms with Crippen LogP contribution in [0.3, 0.4) is 0 Å². The number of carbonyl (C=O) groups is 1. The molecule has 0 radical (unpaired) electrons. The van der Waals surface area contributed by atoms with E-state index >= 15 is 0 Å². The van der Waals surface area contributed by atoms with Gasteiger partial charge in [-0.1, -0.05) is 18.2 Å². The number of amides is 1. The Morgan fingerprint density at radius 1 is 1.24 bits per heavy atom. The topological polar surface area (TPSA) is 38.1 Å². The molecular weight excluding hydrogens is 330 g/mol. The van der Waals surface area contributed by atoms with Gasteiger partial charge in [0.05, 0.1) is 16.3 Å². The van der Waals surface area contributed by atoms with Crippen molar-refractivity contribution in [3.63, 3.8) is 0 Å². The summed E-state index contributed by atoms with van der Waals surface area (Å²) in [4.78, 5) is 16.9. The van der Waals surface area contributed by atoms with Crippen LogP contribution in [0, 0.1) is 13.8 Å². The summed E-state index contributed by atoms with van der Waals surface area (Å²) in [6.07, 6.45) is 3.43. The van der Waals surface area contributed by atoms with Gasteiger partial charge in [0.1, 0.15) is 4.83 Å². The van der Waals surface area contributed by atoms with Gasteiger partial charge < -0.3 is 4.90 Å². The van der Waals surface area contributed by atoms with E-state index in [9.17, 15) is 4.79 Å². The van der Waals surface area contributed by atoms with Crippen LogP contribution in [-0.4, -0.2) is 33.2 Å². The van der Waals surface area contributed by atoms with Crippen LogP contribution >= 0.6 is 11.3 Å². The number of benzene rings is 1. The van der Waals surface area contributed by atoms with Gasteiger partial charge in [0.2, 0.25) is 0 Å². The van der Waals surface area contributed by atoms with Crippen LogP contribution in [0.5, 0.6) is 0 Å². The summed E-state index contributed by atoms with van der Waals surface area (Å²) in [6, 6.07) is 10.6. The minimum Gasteiger partial charge on any atom is -0.335 e. The highest BCUT2D eigenvalue weighted by Crippen LogP contribution is 2.32. The summed E-state index contributed by atoms with van der Waals surface area (Å²) in [5.74, 6) is 0.170. The van der Waals surface area contributed by atoms with Gasteiger partial charge in [-0.2, -0.15) is 5.10 Å². The van der Waals surface area contributed by atoms with Crippen LogP contribution in [0.4, 0.5) is 0 Å². The van der Waals surface area contributed by atoms with Gasteiger partial charge in [0.15, 0.2) is 0 Å². The molecule has 1 aliphatic heterocycles. The van der Waals surface area contributed by atoms with Crippen LogP contribution in [0.15, 0.2) is 30.3 Å². The summed E-state index contributed by atoms with van der Waals surface area (Å²) < 4.78 is 1.99. The fourth-order valence-electron chi connectivity index (χ4n) is 3.66. The van der Waals surface area contributed by atoms with Gasteiger partial charge in [-0.3, -0.25) is 4.79 Å². The van der Waals surface area contributed by atoms with E-state index in [1.807, 2.05) is 34.7 Å². The molecule has 5 heteroatoms. The van der Waals surface area contributed by atoms with Crippen molar-refractivity contribution in [3.05, 3.63) is 46.5 Å². The zero-order valence-electron chi connectivity index (χ0n) is 15.0. The second kappa shape index (κ2) is 6.30. The van der Waals surface area contributed by atoms with Crippen LogP contribution in [-0.2, 0) is 0 Å². The predicted molar refractivity (Wildman–Crippen MR) is 103 cm³/mol. The number of thiophene rings is 1. The second-order valence-corrected chi connectivity index (χ2v) is 7.99. The summed E-state index contributed by atoms with van der Waals surface area (Å²) in [5, 5.41) is 5.80. The number of fused-ring (bicyclic) bond motifs is 1. The Morgan fingerprint density at radius 3 is 2.80 bits per heavy atom. The summed E-state index contributed by atoms with van der Waals surface area (Å²) in [5.41, 5.74) is 3.23. The molecule has 3 heterocycles. The van der Waals surface area contributed by atoms with Crippen LogP contribution in [0.1, 0.15) is 47.1 Å². The Balaban J connectivity index is 1.77. The molecule has 0 saturated carbocycles. The van der Waals surface area contributed by atoms with Gasteiger partial charge in [-0.05, 0) is 57.7 Å². The highest BCUT2D eigenvalue weighted by Gasteiger charge is 2.26. The highest BCUT2D eigenvalue weighted by molar-refractivity contribution is 7.20. The first-order valence-electron chi connectivity index (χ1n) is 8.92. The second-order valence-electron chi connectivity index (χ2n) is 6.96. The Bertz CT molecular complexity index is 940. The first-order chi connectivity index (χ1) is 12.1. The lowest BCUT2D eigenvalue weighted by molar-refractivity contribution is 0.0641. The van der Waals surface area contributed by atoms with Gasteiger partial charge in [-0.15, -0.1) is 11.3 Å². The van der Waals surface area contributed by atoms with E-state index in [2.05, 4.69) is 26.0 Å². The number of aryl methyl sites for hydroxylation is 2. The van der Waals surface area contributed by atoms with Gasteiger partial charge in [0.25, 0.3) is 5.91 Å². The molecule has 25 heavy (non-hydrogen) atoms. The minimum atomic E-state index is 0.170. The largest absolute Gasteiger partial charge is 0.335 e. The Kier molecular flexibility index (Phi) is 4.12. The number of hydrogen-bond acceptors (Lipinski definition) is 3. The van der Waals surface area contributed by atoms with E-state index < -0.39 is 0 Å². The first-order valence-corrected chi connectivity index (χ1v) is 9.74. The molecule has 0 aliphatic carbocycles. The number of rotatable bonds is 2. The SMILES string of the molecule is Cc1ccccc1-n1nc(C)c2cc(C(=O)N3CCCC[C@@H]3C)sc21. The van der Waals surface area contributed by atoms with Crippen molar-refractivity contribution in [3.8, 4) is 5.69 Å². The average Bonchev–Trinajstić information content (AvgIpc) is 3.16. The first kappa shape index (κ1) is 16.3. The predicted octanol–water partition coefficient (Wildman–Crippen LogP) is 4.72. The van der Waals surface area contributed by atoms with E-state index in [1.54, 1.807) is 11.3 Å². The van der Waals surface area contributed by atoms with E-state index in [0.29, 0.717) is 6.04 Å². The molecule has 0 N–H and O–H groups in total. The van der Waals surface area contributed by atoms with Crippen LogP contribution in [0.25, 0.3) is 15.9 Å². The number of aromatic nitrogens is 2. The molecule has 1 aromatic carbocycles. The van der Waals surface area contributed by atoms with Crippen molar-refractivity contribution in [2.45, 2.75) is 46.1 Å². The van der Waals surface area contributed by atoms with Gasteiger partial charge in [-0.25, -0.2) is 4.68 Å². The molecule has 1 amide bonds. The van der Waals surface area contributed by atoms with E-state index in [4.69, 9.17) is 5.10 Å². The molecule has 0 bridgehead atoms. The fraction of sp³-hybridized carbons (Fsp3) is 0.400. The Morgan fingerprint density at radius 2 is 2.04 bits per heavy atom. The van der Waals surface area contributed by atoms with E-state index in [0.717, 1.165) is 45.9 Å². The van der Waals surface area contributed by atoms with Crippen LogP contribution < -0.4 is 0 Å². The molecule has 4 rings (SSSR count). The third-order valence-electron chi connectivity index (χ3n) is 5.16. The molecular formula is C20H23N3OS. The Hall–Kier alpha value is -2.14. The lowest BCUT2D eigenvalue weighted by atomic mass is 10.0. The molecule has 1 aliphatic rings. The van der Waals surface area contributed by atoms with Crippen molar-refractivity contribution >= 4 is 27.5 Å². The number of hydrogen-bond donors (Lipinski definition) is 0. The molecule has 3 aromatic rings. The summed E-state index contributed by atoms with van der Waals surface area (Å²) >= 11 is 1.56. The molecule has 1 saturated heterocycles. The fourth-order valence-corrected chi connectivity index (χ4v) is 4.79. The van der Waals surface area contributed by atoms with E-state index in [-0.39, 0.29) is 5.91 Å². The van der Waals surface area contributed by atoms with E-state index in [1.165, 1.54) is 12.0 Å². The molecule has 0 unspecified atom stereocenters. The molecule has 1 fully saturated rings. The molecule has 2 aromatic heterocycles. The van der Waals surface area contributed by atoms with Crippen molar-refractivity contribution in [2.75, 3.05) is 6.54 Å². The molecule has 4 nitrogen and oxygen atoms in total. The number of nitrogens with zero attached hydrogens (tertiary/aromatic N) is 3. The third kappa shape index (κ3) is 2.76. The minimum absolute atomic E-state index is 0.170. The van der Waals surface area contributed by atoms with Crippen molar-refractivity contribution in [1.82, 2.24) is 14.7 Å². The Labute approximate surface area is 152 Å². The number of carbonyl (C=O) groups excluding carboxylic acids is 1. The monoisotopic (exact) mass is 353 g/mol. The number of piperidine rings is 1. The summed E-state index contributed by atoms with van der Waals surface area (Å²) in [7, 11) is 0. The summed E-state index contributed by atoms with van der Waals surface area (Å²) in [6.45, 7) is 7.14. The average molecular weight is 353 g/mol. The lowest BCUT2D eigenvalue weighted by Gasteiger charge is -2.33. The third-order valence-corrected chi connectivity index (χ3v) is 6.26. The van der Waals surface area contributed by atoms with Gasteiger partial charge >= 0.3 is 0 Å². The van der Waals surface area contributed by atoms with Crippen molar-refractivity contribution < 1.29 is 4.79 Å². The maximum atomic E-state index is 13.0. The van der Waals surface area contributed by atoms with Crippen molar-refractivity contribution in [2.24, 2.45) is 0 Å². The normalized spacial score (nSPS) is 18.0. The van der Waals surface area contributed by atoms with Crippen molar-refractivity contribution in [1.29, 1.82) is 0 Å². The maximum absolute atomic E-state index is 13.0. The standard InChI is InChI=1S/C20H23N3OS/c1-13-8-4-5-10-17(13)23-20-16(15(3)21-23)12-18(25-20)19(24)22-11-7-6-9-14(22)2/h4-5,8,10,12,14H,6-7,9,11H2,1-3H3/t14-/m0/s1. The maximum Gasteiger partial charge on any atom is 0.264 e. The smallest absolute Gasteiger partial charge is 0.264 e. The number of para-hydroxylation sites is 1. The lowest BCUT2D eigenvalue weighted by Crippen LogP contribution is -2.41. The zero-order valence-corrected chi connectivity index (χ0v) is 15.8. The number of likely N-dealkylation sites (tertiary alicyclic amines) is 1. The van der Waals surface area contributed by atoms with Gasteiger partial charge in [0, 0.05) is 18.0 Å². The molecule has 1 atom stereocenters. The highest BCUT2D eigenvalue weighted by atomic mass is 32.1. The quantitative estimate of drug-likeness (QED) is 0.669. The molecule has 0 spiro atoms.